The molecule has 1 aromatic rings. The van der Waals surface area contributed by atoms with Gasteiger partial charge in [0, 0.05) is 18.8 Å². The fourth-order valence-electron chi connectivity index (χ4n) is 2.70. The van der Waals surface area contributed by atoms with Crippen LogP contribution in [0.15, 0.2) is 18.2 Å². The highest BCUT2D eigenvalue weighted by Gasteiger charge is 2.23. The molecule has 21 heavy (non-hydrogen) atoms. The molecule has 1 unspecified atom stereocenters. The fraction of sp³-hybridized carbons (Fsp3) is 0.467. The zero-order chi connectivity index (χ0) is 14.8. The van der Waals surface area contributed by atoms with Crippen molar-refractivity contribution in [2.24, 2.45) is 0 Å². The number of carbonyl (C=O) groups excluding carboxylic acids is 2. The van der Waals surface area contributed by atoms with Gasteiger partial charge in [-0.25, -0.2) is 0 Å². The predicted molar refractivity (Wildman–Crippen MR) is 79.5 cm³/mol. The van der Waals surface area contributed by atoms with Crippen molar-refractivity contribution < 1.29 is 14.3 Å². The zero-order valence-electron chi connectivity index (χ0n) is 12.0. The summed E-state index contributed by atoms with van der Waals surface area (Å²) in [7, 11) is 0. The van der Waals surface area contributed by atoms with Crippen molar-refractivity contribution in [3.63, 3.8) is 0 Å². The maximum Gasteiger partial charge on any atom is 0.262 e. The summed E-state index contributed by atoms with van der Waals surface area (Å²) in [6.45, 7) is 3.59. The molecule has 2 heterocycles. The summed E-state index contributed by atoms with van der Waals surface area (Å²) in [6, 6.07) is 5.15. The molecule has 0 aliphatic carbocycles. The van der Waals surface area contributed by atoms with Gasteiger partial charge in [-0.15, -0.1) is 0 Å². The Labute approximate surface area is 123 Å². The number of hydrogen-bond donors (Lipinski definition) is 2. The smallest absolute Gasteiger partial charge is 0.262 e. The van der Waals surface area contributed by atoms with E-state index in [9.17, 15) is 9.59 Å². The third-order valence-corrected chi connectivity index (χ3v) is 3.78. The molecule has 2 N–H and O–H groups in total. The van der Waals surface area contributed by atoms with Crippen molar-refractivity contribution in [3.05, 3.63) is 18.2 Å². The molecule has 0 aromatic heterocycles. The van der Waals surface area contributed by atoms with Crippen molar-refractivity contribution in [3.8, 4) is 5.75 Å². The average molecular weight is 289 g/mol. The van der Waals surface area contributed by atoms with Crippen LogP contribution in [-0.4, -0.2) is 42.5 Å². The number of ether oxygens (including phenoxy) is 1. The first-order chi connectivity index (χ1) is 10.1. The molecular formula is C15H19N3O3. The van der Waals surface area contributed by atoms with Crippen molar-refractivity contribution in [2.75, 3.05) is 30.3 Å². The number of likely N-dealkylation sites (tertiary alicyclic amines) is 1. The largest absolute Gasteiger partial charge is 0.482 e. The van der Waals surface area contributed by atoms with Gasteiger partial charge in [0.2, 0.25) is 5.91 Å². The maximum atomic E-state index is 12.3. The summed E-state index contributed by atoms with van der Waals surface area (Å²) in [5.74, 6) is 0.602. The second kappa shape index (κ2) is 5.63. The lowest BCUT2D eigenvalue weighted by Gasteiger charge is -2.23. The van der Waals surface area contributed by atoms with Gasteiger partial charge in [0.1, 0.15) is 11.8 Å². The molecule has 112 valence electrons. The number of nitrogens with one attached hydrogen (secondary N) is 2. The highest BCUT2D eigenvalue weighted by Crippen LogP contribution is 2.30. The Morgan fingerprint density at radius 1 is 1.38 bits per heavy atom. The van der Waals surface area contributed by atoms with Crippen molar-refractivity contribution >= 4 is 23.2 Å². The number of hydrogen-bond acceptors (Lipinski definition) is 4. The first-order valence-corrected chi connectivity index (χ1v) is 7.25. The van der Waals surface area contributed by atoms with Gasteiger partial charge in [-0.05, 0) is 38.0 Å². The highest BCUT2D eigenvalue weighted by molar-refractivity contribution is 5.96. The highest BCUT2D eigenvalue weighted by atomic mass is 16.5. The van der Waals surface area contributed by atoms with Crippen LogP contribution in [0.5, 0.6) is 5.75 Å². The molecule has 0 radical (unpaired) electrons. The molecular weight excluding hydrogens is 270 g/mol. The summed E-state index contributed by atoms with van der Waals surface area (Å²) in [5, 5.41) is 5.94. The quantitative estimate of drug-likeness (QED) is 0.883. The molecule has 1 saturated heterocycles. The molecule has 3 rings (SSSR count). The molecule has 1 aromatic carbocycles. The number of rotatable bonds is 3. The number of amides is 2. The number of fused-ring (bicyclic) bond motifs is 1. The summed E-state index contributed by atoms with van der Waals surface area (Å²) < 4.78 is 5.31. The van der Waals surface area contributed by atoms with Crippen LogP contribution in [0.1, 0.15) is 19.8 Å². The van der Waals surface area contributed by atoms with Gasteiger partial charge in [0.25, 0.3) is 5.91 Å². The minimum absolute atomic E-state index is 0.0453. The van der Waals surface area contributed by atoms with Crippen LogP contribution in [0.4, 0.5) is 11.4 Å². The monoisotopic (exact) mass is 289 g/mol. The van der Waals surface area contributed by atoms with Crippen LogP contribution >= 0.6 is 0 Å². The van der Waals surface area contributed by atoms with E-state index in [1.165, 1.54) is 0 Å². The standard InChI is InChI=1S/C15H19N3O3/c1-10(15(20)18-6-2-3-7-18)16-11-4-5-13-12(8-11)17-14(19)9-21-13/h4-5,8,10,16H,2-3,6-7,9H2,1H3,(H,17,19). The average Bonchev–Trinajstić information content (AvgIpc) is 3.00. The van der Waals surface area contributed by atoms with Gasteiger partial charge in [-0.3, -0.25) is 9.59 Å². The number of anilines is 2. The second-order valence-corrected chi connectivity index (χ2v) is 5.45. The summed E-state index contributed by atoms with van der Waals surface area (Å²) in [4.78, 5) is 25.5. The lowest BCUT2D eigenvalue weighted by atomic mass is 10.2. The van der Waals surface area contributed by atoms with Crippen LogP contribution < -0.4 is 15.4 Å². The van der Waals surface area contributed by atoms with Gasteiger partial charge in [0.15, 0.2) is 6.61 Å². The van der Waals surface area contributed by atoms with E-state index in [2.05, 4.69) is 10.6 Å². The molecule has 2 amide bonds. The lowest BCUT2D eigenvalue weighted by molar-refractivity contribution is -0.130. The van der Waals surface area contributed by atoms with E-state index in [4.69, 9.17) is 4.74 Å². The van der Waals surface area contributed by atoms with E-state index in [0.29, 0.717) is 11.4 Å². The molecule has 0 bridgehead atoms. The molecule has 1 atom stereocenters. The van der Waals surface area contributed by atoms with Crippen molar-refractivity contribution in [2.45, 2.75) is 25.8 Å². The molecule has 1 fully saturated rings. The molecule has 0 spiro atoms. The van der Waals surface area contributed by atoms with Gasteiger partial charge < -0.3 is 20.3 Å². The van der Waals surface area contributed by atoms with Crippen molar-refractivity contribution in [1.29, 1.82) is 0 Å². The normalized spacial score (nSPS) is 18.5. The first kappa shape index (κ1) is 13.7. The predicted octanol–water partition coefficient (Wildman–Crippen LogP) is 1.44. The van der Waals surface area contributed by atoms with Gasteiger partial charge in [-0.1, -0.05) is 0 Å². The van der Waals surface area contributed by atoms with Gasteiger partial charge in [0.05, 0.1) is 5.69 Å². The third-order valence-electron chi connectivity index (χ3n) is 3.78. The van der Waals surface area contributed by atoms with E-state index < -0.39 is 0 Å². The SMILES string of the molecule is CC(Nc1ccc2c(c1)NC(=O)CO2)C(=O)N1CCCC1. The Kier molecular flexibility index (Phi) is 3.68. The summed E-state index contributed by atoms with van der Waals surface area (Å²) in [6.07, 6.45) is 2.17. The molecule has 2 aliphatic heterocycles. The van der Waals surface area contributed by atoms with Crippen molar-refractivity contribution in [1.82, 2.24) is 4.90 Å². The van der Waals surface area contributed by atoms with E-state index in [1.807, 2.05) is 17.9 Å². The Hall–Kier alpha value is -2.24. The van der Waals surface area contributed by atoms with Crippen LogP contribution in [0.25, 0.3) is 0 Å². The zero-order valence-corrected chi connectivity index (χ0v) is 12.0. The van der Waals surface area contributed by atoms with E-state index >= 15 is 0 Å². The van der Waals surface area contributed by atoms with Crippen LogP contribution in [0, 0.1) is 0 Å². The minimum atomic E-state index is -0.290. The van der Waals surface area contributed by atoms with Crippen LogP contribution in [-0.2, 0) is 9.59 Å². The summed E-state index contributed by atoms with van der Waals surface area (Å²) >= 11 is 0. The van der Waals surface area contributed by atoms with Crippen LogP contribution in [0.2, 0.25) is 0 Å². The second-order valence-electron chi connectivity index (χ2n) is 5.45. The molecule has 0 saturated carbocycles. The molecule has 6 heteroatoms. The van der Waals surface area contributed by atoms with Gasteiger partial charge in [-0.2, -0.15) is 0 Å². The summed E-state index contributed by atoms with van der Waals surface area (Å²) in [5.41, 5.74) is 1.43. The number of carbonyl (C=O) groups is 2. The Morgan fingerprint density at radius 2 is 2.14 bits per heavy atom. The fourth-order valence-corrected chi connectivity index (χ4v) is 2.70. The number of nitrogens with zero attached hydrogens (tertiary/aromatic N) is 1. The Morgan fingerprint density at radius 3 is 2.90 bits per heavy atom. The van der Waals surface area contributed by atoms with E-state index in [-0.39, 0.29) is 24.5 Å². The minimum Gasteiger partial charge on any atom is -0.482 e. The maximum absolute atomic E-state index is 12.3. The number of benzene rings is 1. The topological polar surface area (TPSA) is 70.7 Å². The Bertz CT molecular complexity index is 567. The molecule has 6 nitrogen and oxygen atoms in total. The van der Waals surface area contributed by atoms with E-state index in [1.54, 1.807) is 12.1 Å². The third kappa shape index (κ3) is 2.94. The van der Waals surface area contributed by atoms with E-state index in [0.717, 1.165) is 31.6 Å². The van der Waals surface area contributed by atoms with Crippen LogP contribution in [0.3, 0.4) is 0 Å². The Balaban J connectivity index is 1.68. The van der Waals surface area contributed by atoms with Gasteiger partial charge >= 0.3 is 0 Å². The molecule has 2 aliphatic rings. The first-order valence-electron chi connectivity index (χ1n) is 7.25. The lowest BCUT2D eigenvalue weighted by Crippen LogP contribution is -2.39.